The monoisotopic (exact) mass is 549 g/mol. The molecule has 0 unspecified atom stereocenters. The minimum absolute atomic E-state index is 0.0485. The van der Waals surface area contributed by atoms with Gasteiger partial charge in [-0.3, -0.25) is 4.79 Å². The van der Waals surface area contributed by atoms with E-state index in [9.17, 15) is 9.59 Å². The standard InChI is InChI=1S/C21H22Cl3N3O6S/c1-30-14-9-12(10-15(31-2)16(14)32-3)17(28)26-19(21(22,23)24)27-20(34)25-13-7-5-11(6-8-13)18(29)33-4/h5-10,19H,1-4H3,(H,26,28)(H2,25,27,34)/t19-/m1/s1. The van der Waals surface area contributed by atoms with E-state index in [2.05, 4.69) is 20.7 Å². The molecule has 2 rings (SSSR count). The third-order valence-electron chi connectivity index (χ3n) is 4.37. The number of nitrogens with one attached hydrogen (secondary N) is 3. The molecule has 0 saturated heterocycles. The molecule has 0 spiro atoms. The van der Waals surface area contributed by atoms with Crippen LogP contribution in [0.4, 0.5) is 5.69 Å². The van der Waals surface area contributed by atoms with Gasteiger partial charge in [0.1, 0.15) is 6.17 Å². The molecule has 0 aliphatic heterocycles. The average molecular weight is 551 g/mol. The van der Waals surface area contributed by atoms with Crippen LogP contribution >= 0.6 is 47.0 Å². The summed E-state index contributed by atoms with van der Waals surface area (Å²) in [6.07, 6.45) is -1.22. The van der Waals surface area contributed by atoms with Gasteiger partial charge in [0.15, 0.2) is 16.6 Å². The first-order valence-corrected chi connectivity index (χ1v) is 11.0. The molecule has 0 bridgehead atoms. The maximum absolute atomic E-state index is 12.9. The van der Waals surface area contributed by atoms with Crippen LogP contribution < -0.4 is 30.2 Å². The number of hydrogen-bond acceptors (Lipinski definition) is 7. The van der Waals surface area contributed by atoms with Crippen molar-refractivity contribution in [1.29, 1.82) is 0 Å². The molecule has 2 aromatic rings. The lowest BCUT2D eigenvalue weighted by Gasteiger charge is -2.28. The van der Waals surface area contributed by atoms with E-state index in [-0.39, 0.29) is 22.2 Å². The maximum atomic E-state index is 12.9. The van der Waals surface area contributed by atoms with Crippen molar-refractivity contribution < 1.29 is 28.5 Å². The molecule has 0 heterocycles. The lowest BCUT2D eigenvalue weighted by atomic mass is 10.1. The number of esters is 1. The van der Waals surface area contributed by atoms with E-state index >= 15 is 0 Å². The molecule has 34 heavy (non-hydrogen) atoms. The van der Waals surface area contributed by atoms with Crippen LogP contribution in [0.3, 0.4) is 0 Å². The summed E-state index contributed by atoms with van der Waals surface area (Å²) in [6, 6.07) is 9.22. The van der Waals surface area contributed by atoms with Gasteiger partial charge in [0.25, 0.3) is 5.91 Å². The molecule has 184 valence electrons. The highest BCUT2D eigenvalue weighted by Gasteiger charge is 2.35. The van der Waals surface area contributed by atoms with Gasteiger partial charge in [-0.2, -0.15) is 0 Å². The zero-order chi connectivity index (χ0) is 25.5. The Hall–Kier alpha value is -2.66. The molecule has 9 nitrogen and oxygen atoms in total. The second-order valence-electron chi connectivity index (χ2n) is 6.53. The molecule has 1 atom stereocenters. The Balaban J connectivity index is 2.17. The van der Waals surface area contributed by atoms with E-state index in [0.717, 1.165) is 0 Å². The average Bonchev–Trinajstić information content (AvgIpc) is 2.81. The summed E-state index contributed by atoms with van der Waals surface area (Å²) < 4.78 is 18.5. The molecule has 0 radical (unpaired) electrons. The van der Waals surface area contributed by atoms with Gasteiger partial charge in [-0.15, -0.1) is 0 Å². The van der Waals surface area contributed by atoms with Crippen LogP contribution in [0.2, 0.25) is 0 Å². The third-order valence-corrected chi connectivity index (χ3v) is 5.24. The van der Waals surface area contributed by atoms with Gasteiger partial charge in [0.2, 0.25) is 9.54 Å². The van der Waals surface area contributed by atoms with Crippen LogP contribution in [-0.2, 0) is 4.74 Å². The molecule has 13 heteroatoms. The van der Waals surface area contributed by atoms with Crippen LogP contribution in [0, 0.1) is 0 Å². The minimum Gasteiger partial charge on any atom is -0.493 e. The molecule has 0 aliphatic carbocycles. The first-order chi connectivity index (χ1) is 16.0. The van der Waals surface area contributed by atoms with Gasteiger partial charge in [-0.1, -0.05) is 34.8 Å². The van der Waals surface area contributed by atoms with Gasteiger partial charge in [-0.05, 0) is 48.6 Å². The number of amides is 1. The molecule has 1 amide bonds. The van der Waals surface area contributed by atoms with Crippen LogP contribution in [0.5, 0.6) is 17.2 Å². The number of benzene rings is 2. The zero-order valence-electron chi connectivity index (χ0n) is 18.5. The number of anilines is 1. The number of thiocarbonyl (C=S) groups is 1. The Kier molecular flexibility index (Phi) is 9.87. The number of halogens is 3. The Morgan fingerprint density at radius 3 is 1.88 bits per heavy atom. The summed E-state index contributed by atoms with van der Waals surface area (Å²) >= 11 is 23.5. The number of ether oxygens (including phenoxy) is 4. The van der Waals surface area contributed by atoms with Crippen molar-refractivity contribution in [1.82, 2.24) is 10.6 Å². The summed E-state index contributed by atoms with van der Waals surface area (Å²) in [5.74, 6) is -0.205. The molecule has 3 N–H and O–H groups in total. The molecule has 2 aromatic carbocycles. The fourth-order valence-corrected chi connectivity index (χ4v) is 3.30. The van der Waals surface area contributed by atoms with Crippen molar-refractivity contribution in [3.63, 3.8) is 0 Å². The fraction of sp³-hybridized carbons (Fsp3) is 0.286. The molecule has 0 aromatic heterocycles. The predicted octanol–water partition coefficient (Wildman–Crippen LogP) is 3.91. The number of hydrogen-bond donors (Lipinski definition) is 3. The second-order valence-corrected chi connectivity index (χ2v) is 9.31. The lowest BCUT2D eigenvalue weighted by molar-refractivity contribution is 0.0600. The Labute approximate surface area is 216 Å². The normalized spacial score (nSPS) is 11.6. The third kappa shape index (κ3) is 7.17. The van der Waals surface area contributed by atoms with Crippen LogP contribution in [0.1, 0.15) is 20.7 Å². The smallest absolute Gasteiger partial charge is 0.337 e. The summed E-state index contributed by atoms with van der Waals surface area (Å²) in [5.41, 5.74) is 1.07. The predicted molar refractivity (Wildman–Crippen MR) is 135 cm³/mol. The number of carbonyl (C=O) groups excluding carboxylic acids is 2. The SMILES string of the molecule is COC(=O)c1ccc(NC(=S)N[C@@H](NC(=O)c2cc(OC)c(OC)c(OC)c2)C(Cl)(Cl)Cl)cc1. The lowest BCUT2D eigenvalue weighted by Crippen LogP contribution is -2.56. The van der Waals surface area contributed by atoms with Gasteiger partial charge in [0.05, 0.1) is 34.0 Å². The molecule has 0 aliphatic rings. The van der Waals surface area contributed by atoms with E-state index in [1.54, 1.807) is 24.3 Å². The van der Waals surface area contributed by atoms with Crippen molar-refractivity contribution in [3.05, 3.63) is 47.5 Å². The van der Waals surface area contributed by atoms with Crippen molar-refractivity contribution in [2.24, 2.45) is 0 Å². The van der Waals surface area contributed by atoms with Crippen molar-refractivity contribution in [3.8, 4) is 17.2 Å². The van der Waals surface area contributed by atoms with Crippen LogP contribution in [-0.4, -0.2) is 55.4 Å². The van der Waals surface area contributed by atoms with E-state index in [1.165, 1.54) is 40.6 Å². The van der Waals surface area contributed by atoms with Gasteiger partial charge >= 0.3 is 5.97 Å². The van der Waals surface area contributed by atoms with Crippen molar-refractivity contribution in [2.75, 3.05) is 33.8 Å². The summed E-state index contributed by atoms with van der Waals surface area (Å²) in [6.45, 7) is 0. The Morgan fingerprint density at radius 1 is 0.882 bits per heavy atom. The second kappa shape index (κ2) is 12.2. The summed E-state index contributed by atoms with van der Waals surface area (Å²) in [4.78, 5) is 24.5. The molecular weight excluding hydrogens is 529 g/mol. The summed E-state index contributed by atoms with van der Waals surface area (Å²) in [7, 11) is 5.58. The molecule has 0 fully saturated rings. The number of carbonyl (C=O) groups is 2. The summed E-state index contributed by atoms with van der Waals surface area (Å²) in [5, 5.41) is 8.25. The first kappa shape index (κ1) is 27.6. The van der Waals surface area contributed by atoms with E-state index in [1.807, 2.05) is 0 Å². The van der Waals surface area contributed by atoms with Gasteiger partial charge in [-0.25, -0.2) is 4.79 Å². The van der Waals surface area contributed by atoms with Crippen LogP contribution in [0.25, 0.3) is 0 Å². The highest BCUT2D eigenvalue weighted by atomic mass is 35.6. The number of alkyl halides is 3. The Morgan fingerprint density at radius 2 is 1.44 bits per heavy atom. The first-order valence-electron chi connectivity index (χ1n) is 9.47. The highest BCUT2D eigenvalue weighted by molar-refractivity contribution is 7.80. The quantitative estimate of drug-likeness (QED) is 0.195. The zero-order valence-corrected chi connectivity index (χ0v) is 21.6. The minimum atomic E-state index is -1.98. The largest absolute Gasteiger partial charge is 0.493 e. The number of rotatable bonds is 8. The molecule has 0 saturated carbocycles. The molecular formula is C21H22Cl3N3O6S. The maximum Gasteiger partial charge on any atom is 0.337 e. The van der Waals surface area contributed by atoms with Crippen molar-refractivity contribution >= 4 is 69.7 Å². The Bertz CT molecular complexity index is 1020. The number of methoxy groups -OCH3 is 4. The van der Waals surface area contributed by atoms with E-state index in [4.69, 9.17) is 61.2 Å². The van der Waals surface area contributed by atoms with Crippen LogP contribution in [0.15, 0.2) is 36.4 Å². The van der Waals surface area contributed by atoms with E-state index < -0.39 is 21.8 Å². The highest BCUT2D eigenvalue weighted by Crippen LogP contribution is 2.38. The van der Waals surface area contributed by atoms with Gasteiger partial charge < -0.3 is 34.9 Å². The van der Waals surface area contributed by atoms with Crippen molar-refractivity contribution in [2.45, 2.75) is 9.96 Å². The fourth-order valence-electron chi connectivity index (χ4n) is 2.73. The topological polar surface area (TPSA) is 107 Å². The van der Waals surface area contributed by atoms with Gasteiger partial charge in [0, 0.05) is 11.3 Å². The van der Waals surface area contributed by atoms with E-state index in [0.29, 0.717) is 17.0 Å².